The van der Waals surface area contributed by atoms with Gasteiger partial charge in [0.1, 0.15) is 12.4 Å². The maximum atomic E-state index is 11.9. The van der Waals surface area contributed by atoms with Crippen LogP contribution in [0.5, 0.6) is 5.75 Å². The molecule has 0 radical (unpaired) electrons. The van der Waals surface area contributed by atoms with Crippen molar-refractivity contribution in [2.24, 2.45) is 0 Å². The maximum absolute atomic E-state index is 11.9. The van der Waals surface area contributed by atoms with Crippen LogP contribution in [-0.2, 0) is 4.79 Å². The Labute approximate surface area is 107 Å². The summed E-state index contributed by atoms with van der Waals surface area (Å²) in [5.41, 5.74) is 0.760. The lowest BCUT2D eigenvalue weighted by Gasteiger charge is -2.12. The van der Waals surface area contributed by atoms with Gasteiger partial charge in [-0.05, 0) is 31.5 Å². The molecule has 1 aliphatic rings. The fourth-order valence-corrected chi connectivity index (χ4v) is 1.96. The molecule has 4 heteroatoms. The van der Waals surface area contributed by atoms with Gasteiger partial charge in [-0.15, -0.1) is 0 Å². The highest BCUT2D eigenvalue weighted by atomic mass is 16.5. The van der Waals surface area contributed by atoms with Crippen LogP contribution in [0.3, 0.4) is 0 Å². The van der Waals surface area contributed by atoms with Crippen molar-refractivity contribution in [1.82, 2.24) is 5.32 Å². The molecule has 1 amide bonds. The highest BCUT2D eigenvalue weighted by Crippen LogP contribution is 2.18. The van der Waals surface area contributed by atoms with Crippen LogP contribution >= 0.6 is 0 Å². The van der Waals surface area contributed by atoms with Gasteiger partial charge in [0, 0.05) is 11.8 Å². The van der Waals surface area contributed by atoms with Gasteiger partial charge in [0.05, 0.1) is 6.04 Å². The molecule has 96 valence electrons. The van der Waals surface area contributed by atoms with Crippen LogP contribution in [0.2, 0.25) is 0 Å². The molecule has 0 spiro atoms. The first-order valence-corrected chi connectivity index (χ1v) is 6.17. The van der Waals surface area contributed by atoms with Crippen LogP contribution < -0.4 is 15.4 Å². The third-order valence-electron chi connectivity index (χ3n) is 2.85. The highest BCUT2D eigenvalue weighted by molar-refractivity contribution is 5.95. The minimum atomic E-state index is -0.0669. The van der Waals surface area contributed by atoms with E-state index in [1.54, 1.807) is 6.08 Å². The normalized spacial score (nSPS) is 18.3. The molecule has 2 rings (SSSR count). The van der Waals surface area contributed by atoms with Crippen molar-refractivity contribution in [3.8, 4) is 5.75 Å². The van der Waals surface area contributed by atoms with Crippen molar-refractivity contribution in [1.29, 1.82) is 0 Å². The summed E-state index contributed by atoms with van der Waals surface area (Å²) in [6.45, 7) is 4.97. The number of benzene rings is 1. The molecule has 1 aromatic rings. The number of hydrogen-bond donors (Lipinski definition) is 2. The molecular formula is C14H18N2O2. The lowest BCUT2D eigenvalue weighted by Crippen LogP contribution is -2.35. The predicted molar refractivity (Wildman–Crippen MR) is 71.8 cm³/mol. The number of carbonyl (C=O) groups is 1. The predicted octanol–water partition coefficient (Wildman–Crippen LogP) is 1.94. The number of carbonyl (C=O) groups excluding carboxylic acids is 1. The first-order valence-electron chi connectivity index (χ1n) is 6.17. The first kappa shape index (κ1) is 12.6. The molecule has 1 heterocycles. The zero-order chi connectivity index (χ0) is 12.8. The number of nitrogens with one attached hydrogen (secondary N) is 2. The molecule has 1 saturated heterocycles. The van der Waals surface area contributed by atoms with E-state index in [1.807, 2.05) is 24.3 Å². The molecule has 1 aliphatic heterocycles. The van der Waals surface area contributed by atoms with Gasteiger partial charge in [0.25, 0.3) is 0 Å². The zero-order valence-electron chi connectivity index (χ0n) is 10.3. The topological polar surface area (TPSA) is 50.4 Å². The number of ether oxygens (including phenoxy) is 1. The largest absolute Gasteiger partial charge is 0.489 e. The highest BCUT2D eigenvalue weighted by Gasteiger charge is 2.21. The fraction of sp³-hybridized carbons (Fsp3) is 0.357. The van der Waals surface area contributed by atoms with E-state index in [-0.39, 0.29) is 11.9 Å². The van der Waals surface area contributed by atoms with Crippen LogP contribution in [0, 0.1) is 0 Å². The van der Waals surface area contributed by atoms with Crippen LogP contribution in [0.4, 0.5) is 5.69 Å². The summed E-state index contributed by atoms with van der Waals surface area (Å²) in [6, 6.07) is 7.32. The Bertz CT molecular complexity index is 426. The number of rotatable bonds is 5. The molecule has 1 unspecified atom stereocenters. The number of hydrogen-bond acceptors (Lipinski definition) is 3. The Balaban J connectivity index is 1.95. The monoisotopic (exact) mass is 246 g/mol. The minimum absolute atomic E-state index is 0.0216. The van der Waals surface area contributed by atoms with Crippen molar-refractivity contribution in [2.75, 3.05) is 18.5 Å². The average Bonchev–Trinajstić information content (AvgIpc) is 2.91. The van der Waals surface area contributed by atoms with Gasteiger partial charge < -0.3 is 15.4 Å². The summed E-state index contributed by atoms with van der Waals surface area (Å²) < 4.78 is 5.42. The Morgan fingerprint density at radius 1 is 1.61 bits per heavy atom. The van der Waals surface area contributed by atoms with Gasteiger partial charge in [-0.1, -0.05) is 18.7 Å². The van der Waals surface area contributed by atoms with Crippen LogP contribution in [0.15, 0.2) is 36.9 Å². The summed E-state index contributed by atoms with van der Waals surface area (Å²) in [6.07, 6.45) is 3.65. The van der Waals surface area contributed by atoms with Gasteiger partial charge in [0.2, 0.25) is 5.91 Å². The van der Waals surface area contributed by atoms with Crippen molar-refractivity contribution < 1.29 is 9.53 Å². The van der Waals surface area contributed by atoms with Gasteiger partial charge in [0.15, 0.2) is 0 Å². The summed E-state index contributed by atoms with van der Waals surface area (Å²) in [5, 5.41) is 6.06. The standard InChI is InChI=1S/C14H18N2O2/c1-2-9-18-12-6-3-5-11(10-12)16-14(17)13-7-4-8-15-13/h2-3,5-6,10,13,15H,1,4,7-9H2,(H,16,17). The second-order valence-electron chi connectivity index (χ2n) is 4.27. The van der Waals surface area contributed by atoms with E-state index in [0.29, 0.717) is 6.61 Å². The van der Waals surface area contributed by atoms with Crippen molar-refractivity contribution in [2.45, 2.75) is 18.9 Å². The van der Waals surface area contributed by atoms with Crippen LogP contribution in [0.1, 0.15) is 12.8 Å². The van der Waals surface area contributed by atoms with Gasteiger partial charge >= 0.3 is 0 Å². The van der Waals surface area contributed by atoms with E-state index in [2.05, 4.69) is 17.2 Å². The van der Waals surface area contributed by atoms with Crippen molar-refractivity contribution in [3.05, 3.63) is 36.9 Å². The summed E-state index contributed by atoms with van der Waals surface area (Å²) in [4.78, 5) is 11.9. The molecule has 0 saturated carbocycles. The lowest BCUT2D eigenvalue weighted by molar-refractivity contribution is -0.117. The van der Waals surface area contributed by atoms with E-state index in [9.17, 15) is 4.79 Å². The average molecular weight is 246 g/mol. The van der Waals surface area contributed by atoms with E-state index in [0.717, 1.165) is 30.8 Å². The molecule has 1 aromatic carbocycles. The summed E-state index contributed by atoms with van der Waals surface area (Å²) in [5.74, 6) is 0.750. The second kappa shape index (κ2) is 6.21. The second-order valence-corrected chi connectivity index (χ2v) is 4.27. The van der Waals surface area contributed by atoms with Gasteiger partial charge in [-0.3, -0.25) is 4.79 Å². The van der Waals surface area contributed by atoms with Crippen molar-refractivity contribution >= 4 is 11.6 Å². The zero-order valence-corrected chi connectivity index (χ0v) is 10.3. The Morgan fingerprint density at radius 3 is 3.22 bits per heavy atom. The molecule has 1 fully saturated rings. The Morgan fingerprint density at radius 2 is 2.50 bits per heavy atom. The smallest absolute Gasteiger partial charge is 0.241 e. The molecular weight excluding hydrogens is 228 g/mol. The van der Waals surface area contributed by atoms with E-state index >= 15 is 0 Å². The number of anilines is 1. The molecule has 1 atom stereocenters. The van der Waals surface area contributed by atoms with E-state index < -0.39 is 0 Å². The SMILES string of the molecule is C=CCOc1cccc(NC(=O)C2CCCN2)c1. The number of amides is 1. The molecule has 18 heavy (non-hydrogen) atoms. The van der Waals surface area contributed by atoms with Crippen LogP contribution in [0.25, 0.3) is 0 Å². The maximum Gasteiger partial charge on any atom is 0.241 e. The molecule has 2 N–H and O–H groups in total. The first-order chi connectivity index (χ1) is 8.79. The van der Waals surface area contributed by atoms with E-state index in [1.165, 1.54) is 0 Å². The van der Waals surface area contributed by atoms with Gasteiger partial charge in [-0.25, -0.2) is 0 Å². The van der Waals surface area contributed by atoms with E-state index in [4.69, 9.17) is 4.74 Å². The third kappa shape index (κ3) is 3.34. The fourth-order valence-electron chi connectivity index (χ4n) is 1.96. The molecule has 0 aromatic heterocycles. The third-order valence-corrected chi connectivity index (χ3v) is 2.85. The summed E-state index contributed by atoms with van der Waals surface area (Å²) >= 11 is 0. The molecule has 4 nitrogen and oxygen atoms in total. The quantitative estimate of drug-likeness (QED) is 0.781. The van der Waals surface area contributed by atoms with Gasteiger partial charge in [-0.2, -0.15) is 0 Å². The minimum Gasteiger partial charge on any atom is -0.489 e. The van der Waals surface area contributed by atoms with Crippen molar-refractivity contribution in [3.63, 3.8) is 0 Å². The lowest BCUT2D eigenvalue weighted by atomic mass is 10.2. The molecule has 0 bridgehead atoms. The summed E-state index contributed by atoms with van der Waals surface area (Å²) in [7, 11) is 0. The van der Waals surface area contributed by atoms with Crippen LogP contribution in [-0.4, -0.2) is 25.1 Å². The Kier molecular flexibility index (Phi) is 4.36. The Hall–Kier alpha value is -1.81. The molecule has 0 aliphatic carbocycles.